The molecule has 2 atom stereocenters. The SMILES string of the molecule is O=c1[nH]c(=O)n(CC2CC2)c2cc(N3CC4CC4C3)c(F)cc12. The molecule has 2 unspecified atom stereocenters. The molecule has 0 amide bonds. The minimum absolute atomic E-state index is 0.260. The quantitative estimate of drug-likeness (QED) is 0.938. The molecule has 0 spiro atoms. The molecule has 3 fully saturated rings. The molecular weight excluding hydrogens is 297 g/mol. The minimum atomic E-state index is -0.508. The molecule has 2 aromatic rings. The summed E-state index contributed by atoms with van der Waals surface area (Å²) in [6, 6.07) is 2.99. The molecule has 1 aromatic heterocycles. The van der Waals surface area contributed by atoms with Crippen LogP contribution in [-0.4, -0.2) is 22.6 Å². The van der Waals surface area contributed by atoms with Gasteiger partial charge in [-0.2, -0.15) is 0 Å². The predicted molar refractivity (Wildman–Crippen MR) is 85.3 cm³/mol. The third-order valence-electron chi connectivity index (χ3n) is 5.52. The fraction of sp³-hybridized carbons (Fsp3) is 0.529. The zero-order chi connectivity index (χ0) is 15.7. The maximum atomic E-state index is 14.5. The molecule has 1 N–H and O–H groups in total. The number of hydrogen-bond acceptors (Lipinski definition) is 3. The lowest BCUT2D eigenvalue weighted by atomic mass is 10.2. The van der Waals surface area contributed by atoms with Gasteiger partial charge in [-0.15, -0.1) is 0 Å². The molecule has 0 radical (unpaired) electrons. The molecule has 0 bridgehead atoms. The van der Waals surface area contributed by atoms with Crippen molar-refractivity contribution in [3.05, 3.63) is 38.8 Å². The normalized spacial score (nSPS) is 25.9. The standard InChI is InChI=1S/C17H18FN3O2/c18-13-4-12-14(5-15(13)20-7-10-3-11(10)8-20)21(6-9-1-2-9)17(23)19-16(12)22/h4-5,9-11H,1-3,6-8H2,(H,19,22,23). The van der Waals surface area contributed by atoms with Gasteiger partial charge in [0.25, 0.3) is 5.56 Å². The predicted octanol–water partition coefficient (Wildman–Crippen LogP) is 1.69. The van der Waals surface area contributed by atoms with Gasteiger partial charge in [-0.05, 0) is 49.1 Å². The summed E-state index contributed by atoms with van der Waals surface area (Å²) in [5, 5.41) is 0.260. The first-order valence-corrected chi connectivity index (χ1v) is 8.31. The molecule has 23 heavy (non-hydrogen) atoms. The molecule has 1 aliphatic heterocycles. The summed E-state index contributed by atoms with van der Waals surface area (Å²) < 4.78 is 16.1. The van der Waals surface area contributed by atoms with Crippen molar-refractivity contribution >= 4 is 16.6 Å². The Kier molecular flexibility index (Phi) is 2.59. The van der Waals surface area contributed by atoms with Crippen molar-refractivity contribution < 1.29 is 4.39 Å². The van der Waals surface area contributed by atoms with E-state index in [0.717, 1.165) is 25.9 Å². The first-order chi connectivity index (χ1) is 11.1. The van der Waals surface area contributed by atoms with E-state index in [2.05, 4.69) is 9.88 Å². The van der Waals surface area contributed by atoms with Gasteiger partial charge in [0.05, 0.1) is 16.6 Å². The Morgan fingerprint density at radius 1 is 1.17 bits per heavy atom. The number of aromatic nitrogens is 2. The number of rotatable bonds is 3. The van der Waals surface area contributed by atoms with E-state index in [1.807, 2.05) is 0 Å². The van der Waals surface area contributed by atoms with Crippen LogP contribution < -0.4 is 16.1 Å². The molecular formula is C17H18FN3O2. The fourth-order valence-electron chi connectivity index (χ4n) is 3.87. The van der Waals surface area contributed by atoms with Gasteiger partial charge in [0.15, 0.2) is 0 Å². The molecule has 120 valence electrons. The summed E-state index contributed by atoms with van der Waals surface area (Å²) in [4.78, 5) is 28.6. The lowest BCUT2D eigenvalue weighted by molar-refractivity contribution is 0.605. The molecule has 5 nitrogen and oxygen atoms in total. The van der Waals surface area contributed by atoms with Crippen LogP contribution in [0.1, 0.15) is 19.3 Å². The van der Waals surface area contributed by atoms with Gasteiger partial charge in [-0.3, -0.25) is 14.3 Å². The molecule has 2 saturated carbocycles. The topological polar surface area (TPSA) is 58.1 Å². The summed E-state index contributed by atoms with van der Waals surface area (Å²) in [5.74, 6) is 1.51. The van der Waals surface area contributed by atoms with E-state index in [0.29, 0.717) is 35.5 Å². The molecule has 2 aliphatic carbocycles. The highest BCUT2D eigenvalue weighted by atomic mass is 19.1. The average molecular weight is 315 g/mol. The number of nitrogens with one attached hydrogen (secondary N) is 1. The Hall–Kier alpha value is -2.11. The number of anilines is 1. The molecule has 1 aromatic carbocycles. The molecule has 1 saturated heterocycles. The maximum Gasteiger partial charge on any atom is 0.328 e. The van der Waals surface area contributed by atoms with Crippen LogP contribution in [0.2, 0.25) is 0 Å². The van der Waals surface area contributed by atoms with Crippen molar-refractivity contribution in [2.45, 2.75) is 25.8 Å². The Balaban J connectivity index is 1.69. The zero-order valence-electron chi connectivity index (χ0n) is 12.7. The monoisotopic (exact) mass is 315 g/mol. The third kappa shape index (κ3) is 2.11. The lowest BCUT2D eigenvalue weighted by Crippen LogP contribution is -2.31. The number of nitrogens with zero attached hydrogens (tertiary/aromatic N) is 2. The van der Waals surface area contributed by atoms with Gasteiger partial charge in [0.1, 0.15) is 5.82 Å². The highest BCUT2D eigenvalue weighted by Crippen LogP contribution is 2.46. The van der Waals surface area contributed by atoms with E-state index in [1.54, 1.807) is 10.6 Å². The van der Waals surface area contributed by atoms with E-state index in [-0.39, 0.29) is 11.2 Å². The van der Waals surface area contributed by atoms with Crippen molar-refractivity contribution in [3.8, 4) is 0 Å². The second-order valence-electron chi connectivity index (χ2n) is 7.29. The highest BCUT2D eigenvalue weighted by molar-refractivity contribution is 5.82. The smallest absolute Gasteiger partial charge is 0.328 e. The van der Waals surface area contributed by atoms with Crippen molar-refractivity contribution in [2.75, 3.05) is 18.0 Å². The van der Waals surface area contributed by atoms with Crippen molar-refractivity contribution in [3.63, 3.8) is 0 Å². The maximum absolute atomic E-state index is 14.5. The second kappa shape index (κ2) is 4.46. The number of hydrogen-bond donors (Lipinski definition) is 1. The van der Waals surface area contributed by atoms with Crippen molar-refractivity contribution in [2.24, 2.45) is 17.8 Å². The van der Waals surface area contributed by atoms with Gasteiger partial charge in [0.2, 0.25) is 0 Å². The van der Waals surface area contributed by atoms with E-state index in [4.69, 9.17) is 0 Å². The highest BCUT2D eigenvalue weighted by Gasteiger charge is 2.45. The first kappa shape index (κ1) is 13.3. The zero-order valence-corrected chi connectivity index (χ0v) is 12.7. The third-order valence-corrected chi connectivity index (χ3v) is 5.52. The number of H-pyrrole nitrogens is 1. The minimum Gasteiger partial charge on any atom is -0.369 e. The van der Waals surface area contributed by atoms with E-state index in [9.17, 15) is 14.0 Å². The van der Waals surface area contributed by atoms with Crippen LogP contribution in [0.3, 0.4) is 0 Å². The molecule has 6 heteroatoms. The van der Waals surface area contributed by atoms with Gasteiger partial charge >= 0.3 is 5.69 Å². The number of aromatic amines is 1. The summed E-state index contributed by atoms with van der Waals surface area (Å²) in [7, 11) is 0. The summed E-state index contributed by atoms with van der Waals surface area (Å²) in [6.07, 6.45) is 3.46. The fourth-order valence-corrected chi connectivity index (χ4v) is 3.87. The van der Waals surface area contributed by atoms with Crippen LogP contribution in [0.4, 0.5) is 10.1 Å². The van der Waals surface area contributed by atoms with Gasteiger partial charge in [-0.25, -0.2) is 9.18 Å². The van der Waals surface area contributed by atoms with Crippen LogP contribution in [0.15, 0.2) is 21.7 Å². The molecule has 3 aliphatic rings. The number of benzene rings is 1. The van der Waals surface area contributed by atoms with Crippen molar-refractivity contribution in [1.82, 2.24) is 9.55 Å². The molecule has 5 rings (SSSR count). The first-order valence-electron chi connectivity index (χ1n) is 8.31. The average Bonchev–Trinajstić information content (AvgIpc) is 3.44. The summed E-state index contributed by atoms with van der Waals surface area (Å²) >= 11 is 0. The number of fused-ring (bicyclic) bond motifs is 2. The van der Waals surface area contributed by atoms with Gasteiger partial charge in [-0.1, -0.05) is 0 Å². The van der Waals surface area contributed by atoms with Crippen LogP contribution in [0.25, 0.3) is 10.9 Å². The second-order valence-corrected chi connectivity index (χ2v) is 7.29. The van der Waals surface area contributed by atoms with E-state index >= 15 is 0 Å². The van der Waals surface area contributed by atoms with Crippen LogP contribution in [0, 0.1) is 23.6 Å². The lowest BCUT2D eigenvalue weighted by Gasteiger charge is -2.22. The van der Waals surface area contributed by atoms with E-state index < -0.39 is 11.2 Å². The van der Waals surface area contributed by atoms with Crippen LogP contribution >= 0.6 is 0 Å². The van der Waals surface area contributed by atoms with Crippen LogP contribution in [-0.2, 0) is 6.54 Å². The number of piperidine rings is 1. The Bertz CT molecular complexity index is 918. The van der Waals surface area contributed by atoms with Crippen LogP contribution in [0.5, 0.6) is 0 Å². The number of halogens is 1. The van der Waals surface area contributed by atoms with Crippen molar-refractivity contribution in [1.29, 1.82) is 0 Å². The Morgan fingerprint density at radius 2 is 1.91 bits per heavy atom. The summed E-state index contributed by atoms with van der Waals surface area (Å²) in [5.41, 5.74) is 0.185. The van der Waals surface area contributed by atoms with Gasteiger partial charge in [0, 0.05) is 19.6 Å². The summed E-state index contributed by atoms with van der Waals surface area (Å²) in [6.45, 7) is 2.36. The molecule has 2 heterocycles. The van der Waals surface area contributed by atoms with E-state index in [1.165, 1.54) is 12.5 Å². The Morgan fingerprint density at radius 3 is 2.61 bits per heavy atom. The Labute approximate surface area is 131 Å². The van der Waals surface area contributed by atoms with Gasteiger partial charge < -0.3 is 4.90 Å². The largest absolute Gasteiger partial charge is 0.369 e.